The molecule has 0 spiro atoms. The standard InChI is InChI=1S/C18H33O3Si/c1-7-20-17(19)13-14-9-8-10-15(18(2,3)4)11-12-16(14)21-22(5)6/h13,15-16H,7-12H2,1-6H3. The molecule has 0 N–H and O–H groups in total. The molecule has 127 valence electrons. The van der Waals surface area contributed by atoms with Gasteiger partial charge in [0.2, 0.25) is 9.04 Å². The first-order valence-electron chi connectivity index (χ1n) is 8.58. The van der Waals surface area contributed by atoms with Crippen molar-refractivity contribution in [2.24, 2.45) is 11.3 Å². The van der Waals surface area contributed by atoms with Crippen molar-refractivity contribution < 1.29 is 14.0 Å². The van der Waals surface area contributed by atoms with Crippen molar-refractivity contribution in [3.05, 3.63) is 11.6 Å². The van der Waals surface area contributed by atoms with Crippen molar-refractivity contribution in [3.8, 4) is 0 Å². The summed E-state index contributed by atoms with van der Waals surface area (Å²) in [5.41, 5.74) is 1.48. The predicted octanol–water partition coefficient (Wildman–Crippen LogP) is 4.74. The SMILES string of the molecule is CCOC(=O)C=C1CCCC(C(C)(C)C)CCC1O[Si](C)C. The Morgan fingerprint density at radius 3 is 2.50 bits per heavy atom. The Bertz CT molecular complexity index is 382. The van der Waals surface area contributed by atoms with E-state index in [1.54, 1.807) is 6.08 Å². The fraction of sp³-hybridized carbons (Fsp3) is 0.833. The zero-order valence-corrected chi connectivity index (χ0v) is 16.2. The predicted molar refractivity (Wildman–Crippen MR) is 93.1 cm³/mol. The highest BCUT2D eigenvalue weighted by molar-refractivity contribution is 6.48. The number of hydrogen-bond acceptors (Lipinski definition) is 3. The van der Waals surface area contributed by atoms with E-state index < -0.39 is 9.04 Å². The number of carbonyl (C=O) groups excluding carboxylic acids is 1. The van der Waals surface area contributed by atoms with Crippen LogP contribution in [-0.2, 0) is 14.0 Å². The highest BCUT2D eigenvalue weighted by atomic mass is 28.3. The number of carbonyl (C=O) groups is 1. The number of esters is 1. The Balaban J connectivity index is 2.85. The van der Waals surface area contributed by atoms with Crippen LogP contribution in [0.15, 0.2) is 11.6 Å². The third-order valence-electron chi connectivity index (χ3n) is 4.40. The molecule has 0 saturated heterocycles. The van der Waals surface area contributed by atoms with Crippen LogP contribution < -0.4 is 0 Å². The van der Waals surface area contributed by atoms with Gasteiger partial charge in [0, 0.05) is 6.08 Å². The quantitative estimate of drug-likeness (QED) is 0.425. The van der Waals surface area contributed by atoms with Crippen molar-refractivity contribution in [3.63, 3.8) is 0 Å². The number of rotatable bonds is 4. The second kappa shape index (κ2) is 8.87. The summed E-state index contributed by atoms with van der Waals surface area (Å²) in [6, 6.07) is 0. The fourth-order valence-corrected chi connectivity index (χ4v) is 4.02. The molecular formula is C18H33O3Si. The van der Waals surface area contributed by atoms with Gasteiger partial charge in [-0.2, -0.15) is 0 Å². The highest BCUT2D eigenvalue weighted by Gasteiger charge is 2.29. The van der Waals surface area contributed by atoms with Crippen LogP contribution in [0.3, 0.4) is 0 Å². The van der Waals surface area contributed by atoms with Crippen molar-refractivity contribution in [1.29, 1.82) is 0 Å². The number of ether oxygens (including phenoxy) is 1. The molecule has 1 saturated carbocycles. The van der Waals surface area contributed by atoms with Crippen LogP contribution in [0, 0.1) is 11.3 Å². The maximum Gasteiger partial charge on any atom is 0.330 e. The Labute approximate surface area is 138 Å². The molecule has 0 heterocycles. The minimum Gasteiger partial charge on any atom is -0.463 e. The summed E-state index contributed by atoms with van der Waals surface area (Å²) in [5.74, 6) is 0.507. The maximum absolute atomic E-state index is 11.8. The fourth-order valence-electron chi connectivity index (χ4n) is 3.18. The van der Waals surface area contributed by atoms with Crippen molar-refractivity contribution in [2.45, 2.75) is 79.0 Å². The van der Waals surface area contributed by atoms with Gasteiger partial charge in [0.05, 0.1) is 12.7 Å². The first-order chi connectivity index (χ1) is 10.2. The molecule has 0 aromatic carbocycles. The Morgan fingerprint density at radius 1 is 1.27 bits per heavy atom. The third kappa shape index (κ3) is 6.65. The van der Waals surface area contributed by atoms with E-state index in [1.165, 1.54) is 12.8 Å². The average molecular weight is 326 g/mol. The first kappa shape index (κ1) is 19.4. The monoisotopic (exact) mass is 325 g/mol. The van der Waals surface area contributed by atoms with E-state index in [0.717, 1.165) is 30.8 Å². The normalized spacial score (nSPS) is 25.9. The third-order valence-corrected chi connectivity index (χ3v) is 5.16. The molecule has 1 fully saturated rings. The zero-order chi connectivity index (χ0) is 16.8. The van der Waals surface area contributed by atoms with Crippen LogP contribution in [0.1, 0.15) is 59.8 Å². The molecule has 1 aliphatic rings. The molecule has 22 heavy (non-hydrogen) atoms. The van der Waals surface area contributed by atoms with Crippen molar-refractivity contribution in [1.82, 2.24) is 0 Å². The molecule has 3 nitrogen and oxygen atoms in total. The molecule has 2 atom stereocenters. The Kier molecular flexibility index (Phi) is 7.84. The van der Waals surface area contributed by atoms with Gasteiger partial charge in [-0.1, -0.05) is 20.8 Å². The Hall–Kier alpha value is -0.613. The van der Waals surface area contributed by atoms with Crippen LogP contribution in [0.25, 0.3) is 0 Å². The van der Waals surface area contributed by atoms with E-state index in [2.05, 4.69) is 33.9 Å². The van der Waals surface area contributed by atoms with Crippen molar-refractivity contribution >= 4 is 15.0 Å². The molecule has 0 aromatic rings. The summed E-state index contributed by atoms with van der Waals surface area (Å²) in [6.07, 6.45) is 7.28. The summed E-state index contributed by atoms with van der Waals surface area (Å²) >= 11 is 0. The van der Waals surface area contributed by atoms with Gasteiger partial charge in [-0.05, 0) is 69.0 Å². The lowest BCUT2D eigenvalue weighted by Gasteiger charge is -2.35. The van der Waals surface area contributed by atoms with Gasteiger partial charge in [-0.15, -0.1) is 0 Å². The summed E-state index contributed by atoms with van der Waals surface area (Å²) < 4.78 is 11.3. The van der Waals surface area contributed by atoms with Crippen LogP contribution >= 0.6 is 0 Å². The molecule has 1 aliphatic carbocycles. The van der Waals surface area contributed by atoms with Crippen LogP contribution in [0.2, 0.25) is 13.1 Å². The van der Waals surface area contributed by atoms with Gasteiger partial charge in [0.15, 0.2) is 0 Å². The summed E-state index contributed by atoms with van der Waals surface area (Å²) in [4.78, 5) is 11.8. The second-order valence-corrected chi connectivity index (χ2v) is 9.57. The lowest BCUT2D eigenvalue weighted by atomic mass is 9.73. The Morgan fingerprint density at radius 2 is 1.95 bits per heavy atom. The van der Waals surface area contributed by atoms with Crippen LogP contribution in [0.5, 0.6) is 0 Å². The minimum atomic E-state index is -0.786. The minimum absolute atomic E-state index is 0.0958. The molecule has 4 heteroatoms. The molecule has 1 rings (SSSR count). The van der Waals surface area contributed by atoms with E-state index in [4.69, 9.17) is 9.16 Å². The van der Waals surface area contributed by atoms with Gasteiger partial charge >= 0.3 is 5.97 Å². The zero-order valence-electron chi connectivity index (χ0n) is 15.2. The smallest absolute Gasteiger partial charge is 0.330 e. The van der Waals surface area contributed by atoms with Gasteiger partial charge in [0.25, 0.3) is 0 Å². The lowest BCUT2D eigenvalue weighted by molar-refractivity contribution is -0.137. The van der Waals surface area contributed by atoms with E-state index in [-0.39, 0.29) is 12.1 Å². The number of hydrogen-bond donors (Lipinski definition) is 0. The highest BCUT2D eigenvalue weighted by Crippen LogP contribution is 2.38. The molecule has 2 unspecified atom stereocenters. The van der Waals surface area contributed by atoms with Crippen LogP contribution in [-0.4, -0.2) is 27.7 Å². The summed E-state index contributed by atoms with van der Waals surface area (Å²) in [5, 5.41) is 0. The molecule has 1 radical (unpaired) electrons. The molecule has 0 bridgehead atoms. The molecule has 0 amide bonds. The summed E-state index contributed by atoms with van der Waals surface area (Å²) in [6.45, 7) is 13.6. The van der Waals surface area contributed by atoms with Gasteiger partial charge in [-0.25, -0.2) is 4.79 Å². The largest absolute Gasteiger partial charge is 0.463 e. The maximum atomic E-state index is 11.8. The lowest BCUT2D eigenvalue weighted by Crippen LogP contribution is -2.29. The molecule has 0 aromatic heterocycles. The molecular weight excluding hydrogens is 292 g/mol. The van der Waals surface area contributed by atoms with E-state index >= 15 is 0 Å². The molecule has 0 aliphatic heterocycles. The average Bonchev–Trinajstić information content (AvgIpc) is 2.35. The van der Waals surface area contributed by atoms with Gasteiger partial charge in [0.1, 0.15) is 0 Å². The first-order valence-corrected chi connectivity index (χ1v) is 11.0. The van der Waals surface area contributed by atoms with Crippen LogP contribution in [0.4, 0.5) is 0 Å². The van der Waals surface area contributed by atoms with Gasteiger partial charge in [-0.3, -0.25) is 0 Å². The van der Waals surface area contributed by atoms with Crippen molar-refractivity contribution in [2.75, 3.05) is 6.61 Å². The summed E-state index contributed by atoms with van der Waals surface area (Å²) in [7, 11) is -0.786. The second-order valence-electron chi connectivity index (χ2n) is 7.52. The van der Waals surface area contributed by atoms with Gasteiger partial charge < -0.3 is 9.16 Å². The van der Waals surface area contributed by atoms with E-state index in [9.17, 15) is 4.79 Å². The topological polar surface area (TPSA) is 35.5 Å². The van der Waals surface area contributed by atoms with E-state index in [0.29, 0.717) is 12.0 Å². The van der Waals surface area contributed by atoms with E-state index in [1.807, 2.05) is 6.92 Å².